The average Bonchev–Trinajstić information content (AvgIpc) is 3.73. The van der Waals surface area contributed by atoms with Crippen LogP contribution in [0.4, 0.5) is 21.5 Å². The average molecular weight is 645 g/mol. The zero-order chi connectivity index (χ0) is 33.2. The van der Waals surface area contributed by atoms with E-state index in [2.05, 4.69) is 131 Å². The van der Waals surface area contributed by atoms with Gasteiger partial charge in [-0.05, 0) is 59.5 Å². The molecule has 50 heavy (non-hydrogen) atoms. The van der Waals surface area contributed by atoms with Crippen LogP contribution in [0.1, 0.15) is 0 Å². The van der Waals surface area contributed by atoms with E-state index < -0.39 is 0 Å². The molecule has 4 heteroatoms. The van der Waals surface area contributed by atoms with Gasteiger partial charge in [0, 0.05) is 38.2 Å². The van der Waals surface area contributed by atoms with Crippen LogP contribution in [-0.2, 0) is 0 Å². The number of halogens is 1. The second kappa shape index (κ2) is 11.2. The monoisotopic (exact) mass is 644 g/mol. The normalized spacial score (nSPS) is 11.7. The van der Waals surface area contributed by atoms with Crippen LogP contribution in [-0.4, -0.2) is 4.57 Å². The molecule has 0 radical (unpaired) electrons. The van der Waals surface area contributed by atoms with Crippen molar-refractivity contribution >= 4 is 71.6 Å². The zero-order valence-electron chi connectivity index (χ0n) is 26.9. The lowest BCUT2D eigenvalue weighted by Crippen LogP contribution is -2.13. The Morgan fingerprint density at radius 3 is 2.02 bits per heavy atom. The van der Waals surface area contributed by atoms with Crippen LogP contribution in [0, 0.1) is 5.82 Å². The fourth-order valence-electron chi connectivity index (χ4n) is 7.65. The lowest BCUT2D eigenvalue weighted by Gasteiger charge is -2.29. The number of benzene rings is 8. The van der Waals surface area contributed by atoms with Gasteiger partial charge in [0.25, 0.3) is 0 Å². The van der Waals surface area contributed by atoms with Crippen molar-refractivity contribution in [1.29, 1.82) is 0 Å². The van der Waals surface area contributed by atoms with Gasteiger partial charge in [0.15, 0.2) is 0 Å². The predicted molar refractivity (Wildman–Crippen MR) is 206 cm³/mol. The number of furan rings is 1. The number of hydrogen-bond donors (Lipinski definition) is 0. The van der Waals surface area contributed by atoms with Crippen LogP contribution in [0.3, 0.4) is 0 Å². The molecule has 0 N–H and O–H groups in total. The van der Waals surface area contributed by atoms with Gasteiger partial charge in [-0.1, -0.05) is 127 Å². The third-order valence-corrected chi connectivity index (χ3v) is 9.86. The minimum atomic E-state index is -0.255. The van der Waals surface area contributed by atoms with E-state index in [4.69, 9.17) is 4.42 Å². The first-order chi connectivity index (χ1) is 24.7. The second-order valence-electron chi connectivity index (χ2n) is 12.6. The molecule has 0 aliphatic carbocycles. The molecule has 0 saturated carbocycles. The summed E-state index contributed by atoms with van der Waals surface area (Å²) in [4.78, 5) is 2.30. The van der Waals surface area contributed by atoms with Crippen LogP contribution in [0.2, 0.25) is 0 Å². The summed E-state index contributed by atoms with van der Waals surface area (Å²) in [6.07, 6.45) is 0. The van der Waals surface area contributed by atoms with Crippen molar-refractivity contribution in [3.05, 3.63) is 182 Å². The number of para-hydroxylation sites is 6. The first-order valence-electron chi connectivity index (χ1n) is 16.8. The molecule has 0 bridgehead atoms. The summed E-state index contributed by atoms with van der Waals surface area (Å²) < 4.78 is 24.4. The van der Waals surface area contributed by atoms with Crippen LogP contribution >= 0.6 is 0 Å². The van der Waals surface area contributed by atoms with Gasteiger partial charge < -0.3 is 13.9 Å². The zero-order valence-corrected chi connectivity index (χ0v) is 26.9. The molecule has 0 spiro atoms. The Kier molecular flexibility index (Phi) is 6.36. The van der Waals surface area contributed by atoms with Crippen molar-refractivity contribution in [2.24, 2.45) is 0 Å². The lowest BCUT2D eigenvalue weighted by atomic mass is 10.0. The van der Waals surface area contributed by atoms with Crippen LogP contribution in [0.15, 0.2) is 180 Å². The minimum absolute atomic E-state index is 0.255. The summed E-state index contributed by atoms with van der Waals surface area (Å²) in [5.74, 6) is -0.255. The standard InChI is InChI=1S/C46H29FN2O/c47-39-20-11-18-37-35-15-3-5-21-41(35)49(45(37)39)43-23-7-6-22-42(43)48(40-24-9-13-30-12-1-2-14-33(30)40)32-28-26-31(27-29-32)34-17-10-19-38-36-16-4-8-25-44(36)50-46(34)38/h1-29H. The fraction of sp³-hybridized carbons (Fsp3) is 0. The van der Waals surface area contributed by atoms with Gasteiger partial charge in [-0.25, -0.2) is 4.39 Å². The maximum atomic E-state index is 15.9. The van der Waals surface area contributed by atoms with Crippen molar-refractivity contribution in [3.63, 3.8) is 0 Å². The number of nitrogens with zero attached hydrogens (tertiary/aromatic N) is 2. The van der Waals surface area contributed by atoms with E-state index in [0.717, 1.165) is 82.9 Å². The second-order valence-corrected chi connectivity index (χ2v) is 12.6. The molecule has 10 rings (SSSR count). The Balaban J connectivity index is 1.21. The highest BCUT2D eigenvalue weighted by molar-refractivity contribution is 6.11. The van der Waals surface area contributed by atoms with Gasteiger partial charge in [-0.2, -0.15) is 0 Å². The molecule has 0 unspecified atom stereocenters. The Morgan fingerprint density at radius 2 is 1.12 bits per heavy atom. The molecular formula is C46H29FN2O. The predicted octanol–water partition coefficient (Wildman–Crippen LogP) is 13.1. The van der Waals surface area contributed by atoms with Crippen LogP contribution < -0.4 is 4.90 Å². The van der Waals surface area contributed by atoms with E-state index in [9.17, 15) is 0 Å². The molecular weight excluding hydrogens is 616 g/mol. The maximum absolute atomic E-state index is 15.9. The highest BCUT2D eigenvalue weighted by atomic mass is 19.1. The molecule has 0 aliphatic rings. The maximum Gasteiger partial charge on any atom is 0.147 e. The third-order valence-electron chi connectivity index (χ3n) is 9.86. The Labute approximate surface area is 287 Å². The van der Waals surface area contributed by atoms with E-state index in [0.29, 0.717) is 5.52 Å². The molecule has 0 amide bonds. The van der Waals surface area contributed by atoms with E-state index >= 15 is 4.39 Å². The van der Waals surface area contributed by atoms with E-state index in [1.165, 1.54) is 0 Å². The summed E-state index contributed by atoms with van der Waals surface area (Å²) in [6.45, 7) is 0. The van der Waals surface area contributed by atoms with E-state index in [1.807, 2.05) is 42.5 Å². The molecule has 10 aromatic rings. The van der Waals surface area contributed by atoms with Crippen molar-refractivity contribution < 1.29 is 8.81 Å². The number of fused-ring (bicyclic) bond motifs is 7. The minimum Gasteiger partial charge on any atom is -0.455 e. The fourth-order valence-corrected chi connectivity index (χ4v) is 7.65. The Morgan fingerprint density at radius 1 is 0.480 bits per heavy atom. The summed E-state index contributed by atoms with van der Waals surface area (Å²) in [6, 6.07) is 59.8. The van der Waals surface area contributed by atoms with Gasteiger partial charge >= 0.3 is 0 Å². The topological polar surface area (TPSA) is 21.3 Å². The molecule has 0 fully saturated rings. The number of aromatic nitrogens is 1. The highest BCUT2D eigenvalue weighted by Crippen LogP contribution is 2.45. The molecule has 0 atom stereocenters. The molecule has 2 aromatic heterocycles. The van der Waals surface area contributed by atoms with Crippen molar-refractivity contribution in [3.8, 4) is 16.8 Å². The summed E-state index contributed by atoms with van der Waals surface area (Å²) in [5.41, 5.74) is 9.21. The number of rotatable bonds is 5. The lowest BCUT2D eigenvalue weighted by molar-refractivity contribution is 0.635. The molecule has 0 saturated heterocycles. The van der Waals surface area contributed by atoms with E-state index in [-0.39, 0.29) is 5.82 Å². The quantitative estimate of drug-likeness (QED) is 0.186. The smallest absolute Gasteiger partial charge is 0.147 e. The molecule has 0 aliphatic heterocycles. The van der Waals surface area contributed by atoms with Gasteiger partial charge in [0.2, 0.25) is 0 Å². The SMILES string of the molecule is Fc1cccc2c3ccccc3n(-c3ccccc3N(c3ccc(-c4cccc5c4oc4ccccc45)cc3)c3cccc4ccccc34)c12. The van der Waals surface area contributed by atoms with Crippen molar-refractivity contribution in [1.82, 2.24) is 4.57 Å². The van der Waals surface area contributed by atoms with Gasteiger partial charge in [0.1, 0.15) is 17.0 Å². The van der Waals surface area contributed by atoms with Gasteiger partial charge in [0.05, 0.1) is 28.1 Å². The molecule has 2 heterocycles. The van der Waals surface area contributed by atoms with Crippen LogP contribution in [0.5, 0.6) is 0 Å². The van der Waals surface area contributed by atoms with E-state index in [1.54, 1.807) is 12.1 Å². The summed E-state index contributed by atoms with van der Waals surface area (Å²) in [7, 11) is 0. The van der Waals surface area contributed by atoms with Crippen molar-refractivity contribution in [2.75, 3.05) is 4.90 Å². The Bertz CT molecular complexity index is 2890. The van der Waals surface area contributed by atoms with Gasteiger partial charge in [-0.15, -0.1) is 0 Å². The van der Waals surface area contributed by atoms with Gasteiger partial charge in [-0.3, -0.25) is 0 Å². The van der Waals surface area contributed by atoms with Crippen molar-refractivity contribution in [2.45, 2.75) is 0 Å². The largest absolute Gasteiger partial charge is 0.455 e. The highest BCUT2D eigenvalue weighted by Gasteiger charge is 2.23. The molecule has 8 aromatic carbocycles. The first-order valence-corrected chi connectivity index (χ1v) is 16.8. The number of anilines is 3. The Hall–Kier alpha value is -6.65. The summed E-state index contributed by atoms with van der Waals surface area (Å²) >= 11 is 0. The van der Waals surface area contributed by atoms with Crippen LogP contribution in [0.25, 0.3) is 71.3 Å². The summed E-state index contributed by atoms with van der Waals surface area (Å²) in [5, 5.41) is 6.37. The molecule has 3 nitrogen and oxygen atoms in total. The molecule has 236 valence electrons. The first kappa shape index (κ1) is 28.4. The third kappa shape index (κ3) is 4.28. The number of hydrogen-bond acceptors (Lipinski definition) is 2.